The van der Waals surface area contributed by atoms with Gasteiger partial charge in [0.25, 0.3) is 0 Å². The van der Waals surface area contributed by atoms with Crippen molar-refractivity contribution in [3.05, 3.63) is 41.7 Å². The maximum Gasteiger partial charge on any atom is 0.425 e. The summed E-state index contributed by atoms with van der Waals surface area (Å²) in [5.74, 6) is -2.82. The Morgan fingerprint density at radius 2 is 1.47 bits per heavy atom. The van der Waals surface area contributed by atoms with Gasteiger partial charge in [-0.15, -0.1) is 0 Å². The number of anilines is 2. The molecular weight excluding hydrogens is 710 g/mol. The predicted octanol–water partition coefficient (Wildman–Crippen LogP) is 6.36. The summed E-state index contributed by atoms with van der Waals surface area (Å²) >= 11 is 0. The Hall–Kier alpha value is -5.23. The number of nitrogens with zero attached hydrogens (tertiary/aromatic N) is 6. The Balaban J connectivity index is 1.83. The van der Waals surface area contributed by atoms with E-state index in [1.807, 2.05) is 0 Å². The van der Waals surface area contributed by atoms with E-state index in [9.17, 15) is 32.3 Å². The average molecular weight is 754 g/mol. The quantitative estimate of drug-likeness (QED) is 0.168. The summed E-state index contributed by atoms with van der Waals surface area (Å²) in [7, 11) is 1.10. The van der Waals surface area contributed by atoms with Crippen LogP contribution >= 0.6 is 0 Å². The van der Waals surface area contributed by atoms with E-state index in [1.54, 1.807) is 62.3 Å². The minimum absolute atomic E-state index is 0.0570. The van der Waals surface area contributed by atoms with Gasteiger partial charge in [0.1, 0.15) is 28.9 Å². The lowest BCUT2D eigenvalue weighted by Gasteiger charge is -2.31. The Labute approximate surface area is 302 Å². The number of nitrogens with one attached hydrogen (secondary N) is 1. The highest BCUT2D eigenvalue weighted by molar-refractivity contribution is 6.12. The maximum absolute atomic E-state index is 15.2. The van der Waals surface area contributed by atoms with E-state index in [4.69, 9.17) is 18.9 Å². The highest BCUT2D eigenvalue weighted by Gasteiger charge is 2.49. The molecule has 3 aromatic rings. The molecule has 53 heavy (non-hydrogen) atoms. The van der Waals surface area contributed by atoms with Crippen LogP contribution in [-0.4, -0.2) is 86.3 Å². The van der Waals surface area contributed by atoms with Crippen molar-refractivity contribution in [1.29, 1.82) is 0 Å². The fraction of sp³-hybridized carbons (Fsp3) is 0.559. The van der Waals surface area contributed by atoms with Crippen molar-refractivity contribution in [2.45, 2.75) is 104 Å². The molecule has 15 nitrogen and oxygen atoms in total. The zero-order valence-corrected chi connectivity index (χ0v) is 31.1. The lowest BCUT2D eigenvalue weighted by atomic mass is 9.98. The molecule has 2 aromatic heterocycles. The van der Waals surface area contributed by atoms with Crippen LogP contribution in [0.3, 0.4) is 0 Å². The Kier molecular flexibility index (Phi) is 10.9. The molecule has 1 aliphatic rings. The van der Waals surface area contributed by atoms with Gasteiger partial charge >= 0.3 is 30.4 Å². The first-order chi connectivity index (χ1) is 24.2. The van der Waals surface area contributed by atoms with Gasteiger partial charge in [0.05, 0.1) is 32.1 Å². The number of ether oxygens (including phenoxy) is 4. The van der Waals surface area contributed by atoms with Gasteiger partial charge in [-0.05, 0) is 74.4 Å². The number of esters is 1. The van der Waals surface area contributed by atoms with Gasteiger partial charge in [-0.25, -0.2) is 38.5 Å². The van der Waals surface area contributed by atoms with E-state index >= 15 is 4.39 Å². The lowest BCUT2D eigenvalue weighted by Crippen LogP contribution is -2.57. The molecule has 1 N–H and O–H groups in total. The predicted molar refractivity (Wildman–Crippen MR) is 182 cm³/mol. The van der Waals surface area contributed by atoms with Crippen LogP contribution in [0.25, 0.3) is 11.2 Å². The molecule has 3 heterocycles. The summed E-state index contributed by atoms with van der Waals surface area (Å²) in [5, 5.41) is 2.52. The fourth-order valence-corrected chi connectivity index (χ4v) is 5.58. The third-order valence-corrected chi connectivity index (χ3v) is 7.52. The van der Waals surface area contributed by atoms with E-state index in [0.717, 1.165) is 30.4 Å². The van der Waals surface area contributed by atoms with Gasteiger partial charge < -0.3 is 33.7 Å². The van der Waals surface area contributed by atoms with Crippen molar-refractivity contribution < 1.29 is 55.7 Å². The molecular formula is C34H43F4N7O8. The number of methoxy groups -OCH3 is 1. The monoisotopic (exact) mass is 753 g/mol. The number of rotatable bonds is 6. The summed E-state index contributed by atoms with van der Waals surface area (Å²) < 4.78 is 81.4. The molecule has 1 saturated heterocycles. The average Bonchev–Trinajstić information content (AvgIpc) is 3.59. The molecule has 19 heteroatoms. The summed E-state index contributed by atoms with van der Waals surface area (Å²) in [5.41, 5.74) is -7.37. The molecule has 1 aromatic carbocycles. The number of benzene rings is 1. The third kappa shape index (κ3) is 9.42. The number of hydrogen-bond donors (Lipinski definition) is 1. The molecule has 0 unspecified atom stereocenters. The van der Waals surface area contributed by atoms with E-state index in [1.165, 1.54) is 4.90 Å². The molecule has 4 rings (SSSR count). The second-order valence-electron chi connectivity index (χ2n) is 15.3. The van der Waals surface area contributed by atoms with E-state index in [2.05, 4.69) is 20.3 Å². The van der Waals surface area contributed by atoms with Crippen molar-refractivity contribution in [3.63, 3.8) is 0 Å². The molecule has 0 aliphatic carbocycles. The van der Waals surface area contributed by atoms with Crippen LogP contribution in [0.5, 0.6) is 0 Å². The number of hydrogen-bond acceptors (Lipinski definition) is 12. The first-order valence-electron chi connectivity index (χ1n) is 16.4. The van der Waals surface area contributed by atoms with Crippen LogP contribution in [0.4, 0.5) is 43.5 Å². The number of halogens is 4. The zero-order valence-electron chi connectivity index (χ0n) is 31.1. The van der Waals surface area contributed by atoms with Crippen LogP contribution in [0.2, 0.25) is 0 Å². The largest absolute Gasteiger partial charge is 0.467 e. The molecule has 290 valence electrons. The molecule has 0 bridgehead atoms. The zero-order chi connectivity index (χ0) is 39.9. The second kappa shape index (κ2) is 14.3. The van der Waals surface area contributed by atoms with Gasteiger partial charge in [0, 0.05) is 24.2 Å². The number of imide groups is 1. The number of fused-ring (bicyclic) bond motifs is 1. The van der Waals surface area contributed by atoms with Crippen LogP contribution in [-0.2, 0) is 36.5 Å². The van der Waals surface area contributed by atoms with Crippen LogP contribution < -0.4 is 15.1 Å². The molecule has 0 saturated carbocycles. The minimum atomic E-state index is -5.19. The summed E-state index contributed by atoms with van der Waals surface area (Å²) in [6.07, 6.45) is -6.52. The van der Waals surface area contributed by atoms with Gasteiger partial charge in [-0.2, -0.15) is 18.1 Å². The molecule has 1 atom stereocenters. The highest BCUT2D eigenvalue weighted by Crippen LogP contribution is 2.41. The number of alkyl halides is 3. The number of alkyl carbamates (subject to hydrolysis) is 1. The van der Waals surface area contributed by atoms with Gasteiger partial charge in [-0.3, -0.25) is 0 Å². The number of carbonyl (C=O) groups excluding carboxylic acids is 4. The maximum atomic E-state index is 15.2. The van der Waals surface area contributed by atoms with Crippen molar-refractivity contribution >= 4 is 46.9 Å². The minimum Gasteiger partial charge on any atom is -0.467 e. The van der Waals surface area contributed by atoms with Crippen LogP contribution in [0, 0.1) is 5.82 Å². The number of carbonyl (C=O) groups is 4. The van der Waals surface area contributed by atoms with E-state index < -0.39 is 76.3 Å². The standard InChI is InChI=1S/C34H43F4N7O8/c1-30(2,3)51-27(47)42-33(26(46)50-10)13-14-43(16-33)21-12-11-20(35)22(34(36,37)38)19(21)15-44-18-41-23-24(44)39-17-40-25(23)45(28(48)52-31(4,5)6)29(49)53-32(7,8)9/h11-12,17-18H,13-16H2,1-10H3,(H,42,47)/t33-/m1/s1. The molecule has 0 radical (unpaired) electrons. The Bertz CT molecular complexity index is 1870. The fourth-order valence-electron chi connectivity index (χ4n) is 5.58. The van der Waals surface area contributed by atoms with Gasteiger partial charge in [0.2, 0.25) is 0 Å². The first-order valence-corrected chi connectivity index (χ1v) is 16.4. The van der Waals surface area contributed by atoms with Gasteiger partial charge in [-0.1, -0.05) is 0 Å². The molecule has 1 fully saturated rings. The molecule has 1 aliphatic heterocycles. The third-order valence-electron chi connectivity index (χ3n) is 7.52. The van der Waals surface area contributed by atoms with Crippen LogP contribution in [0.1, 0.15) is 79.9 Å². The first kappa shape index (κ1) is 40.5. The molecule has 0 spiro atoms. The van der Waals surface area contributed by atoms with Crippen LogP contribution in [0.15, 0.2) is 24.8 Å². The summed E-state index contributed by atoms with van der Waals surface area (Å²) in [4.78, 5) is 66.9. The molecule has 3 amide bonds. The van der Waals surface area contributed by atoms with Crippen molar-refractivity contribution in [1.82, 2.24) is 24.8 Å². The number of aromatic nitrogens is 4. The second-order valence-corrected chi connectivity index (χ2v) is 15.3. The van der Waals surface area contributed by atoms with Crippen molar-refractivity contribution in [3.8, 4) is 0 Å². The smallest absolute Gasteiger partial charge is 0.425 e. The Morgan fingerprint density at radius 3 is 2.00 bits per heavy atom. The number of imidazole rings is 1. The summed E-state index contributed by atoms with van der Waals surface area (Å²) in [6, 6.07) is 1.79. The van der Waals surface area contributed by atoms with E-state index in [-0.39, 0.29) is 42.2 Å². The van der Waals surface area contributed by atoms with Crippen molar-refractivity contribution in [2.75, 3.05) is 30.0 Å². The van der Waals surface area contributed by atoms with E-state index in [0.29, 0.717) is 11.0 Å². The number of amides is 3. The summed E-state index contributed by atoms with van der Waals surface area (Å²) in [6.45, 7) is 13.2. The SMILES string of the molecule is COC(=O)[C@@]1(NC(=O)OC(C)(C)C)CCN(c2ccc(F)c(C(F)(F)F)c2Cn2cnc3c(N(C(=O)OC(C)(C)C)C(=O)OC(C)(C)C)ncnc32)C1. The topological polar surface area (TPSA) is 167 Å². The Morgan fingerprint density at radius 1 is 0.887 bits per heavy atom. The van der Waals surface area contributed by atoms with Gasteiger partial charge in [0.15, 0.2) is 22.5 Å². The van der Waals surface area contributed by atoms with Crippen molar-refractivity contribution in [2.24, 2.45) is 0 Å². The normalized spacial score (nSPS) is 16.7. The highest BCUT2D eigenvalue weighted by atomic mass is 19.4. The lowest BCUT2D eigenvalue weighted by molar-refractivity contribution is -0.147.